The third-order valence-electron chi connectivity index (χ3n) is 5.19. The van der Waals surface area contributed by atoms with Gasteiger partial charge in [-0.2, -0.15) is 4.31 Å². The minimum atomic E-state index is -3.80. The molecule has 2 heterocycles. The number of sulfonamides is 1. The first-order valence-electron chi connectivity index (χ1n) is 10.0. The number of hydrogen-bond donors (Lipinski definition) is 2. The molecule has 0 bridgehead atoms. The summed E-state index contributed by atoms with van der Waals surface area (Å²) in [5.41, 5.74) is 1.44. The molecule has 3 aromatic rings. The number of carbonyl (C=O) groups excluding carboxylic acids is 2. The number of thiophene rings is 1. The maximum absolute atomic E-state index is 13.3. The van der Waals surface area contributed by atoms with Gasteiger partial charge in [-0.3, -0.25) is 9.59 Å². The molecule has 2 aromatic carbocycles. The van der Waals surface area contributed by atoms with Crippen LogP contribution in [-0.2, 0) is 34.5 Å². The Bertz CT molecular complexity index is 1360. The summed E-state index contributed by atoms with van der Waals surface area (Å²) >= 11 is 1.31. The lowest BCUT2D eigenvalue weighted by molar-refractivity contribution is -0.111. The van der Waals surface area contributed by atoms with Crippen molar-refractivity contribution in [2.75, 3.05) is 5.32 Å². The zero-order valence-electron chi connectivity index (χ0n) is 17.7. The molecule has 0 fully saturated rings. The first-order chi connectivity index (χ1) is 16.2. The van der Waals surface area contributed by atoms with Crippen molar-refractivity contribution < 1.29 is 26.8 Å². The quantitative estimate of drug-likeness (QED) is 0.480. The van der Waals surface area contributed by atoms with E-state index in [0.29, 0.717) is 10.6 Å². The van der Waals surface area contributed by atoms with Crippen molar-refractivity contribution >= 4 is 38.2 Å². The van der Waals surface area contributed by atoms with E-state index in [9.17, 15) is 26.8 Å². The van der Waals surface area contributed by atoms with E-state index in [1.807, 2.05) is 0 Å². The van der Waals surface area contributed by atoms with Crippen molar-refractivity contribution in [3.05, 3.63) is 94.4 Å². The molecule has 4 rings (SSSR count). The Labute approximate surface area is 198 Å². The maximum atomic E-state index is 13.3. The molecule has 176 valence electrons. The second kappa shape index (κ2) is 9.45. The fourth-order valence-electron chi connectivity index (χ4n) is 3.41. The third kappa shape index (κ3) is 4.91. The van der Waals surface area contributed by atoms with Crippen LogP contribution in [0.25, 0.3) is 0 Å². The summed E-state index contributed by atoms with van der Waals surface area (Å²) in [7, 11) is -3.80. The molecule has 0 unspecified atom stereocenters. The average Bonchev–Trinajstić information content (AvgIpc) is 3.39. The van der Waals surface area contributed by atoms with Crippen LogP contribution in [0, 0.1) is 11.6 Å². The van der Waals surface area contributed by atoms with E-state index in [-0.39, 0.29) is 36.0 Å². The van der Waals surface area contributed by atoms with Gasteiger partial charge in [0.2, 0.25) is 15.9 Å². The normalized spacial score (nSPS) is 13.4. The molecule has 7 nitrogen and oxygen atoms in total. The molecule has 0 spiro atoms. The number of amides is 2. The van der Waals surface area contributed by atoms with Crippen LogP contribution in [0.15, 0.2) is 66.1 Å². The van der Waals surface area contributed by atoms with E-state index in [1.165, 1.54) is 46.0 Å². The number of fused-ring (bicyclic) bond motifs is 1. The number of nitrogens with one attached hydrogen (secondary N) is 2. The van der Waals surface area contributed by atoms with Crippen LogP contribution < -0.4 is 10.6 Å². The zero-order valence-corrected chi connectivity index (χ0v) is 19.3. The molecule has 2 amide bonds. The Kier molecular flexibility index (Phi) is 6.60. The number of hydrogen-bond acceptors (Lipinski definition) is 5. The molecule has 0 atom stereocenters. The van der Waals surface area contributed by atoms with Crippen LogP contribution in [0.2, 0.25) is 0 Å². The van der Waals surface area contributed by atoms with Crippen LogP contribution in [0.5, 0.6) is 0 Å². The van der Waals surface area contributed by atoms with Gasteiger partial charge in [0.1, 0.15) is 0 Å². The largest absolute Gasteiger partial charge is 0.348 e. The van der Waals surface area contributed by atoms with E-state index in [1.54, 1.807) is 6.07 Å². The molecule has 0 aliphatic carbocycles. The Morgan fingerprint density at radius 3 is 2.44 bits per heavy atom. The van der Waals surface area contributed by atoms with E-state index < -0.39 is 27.6 Å². The summed E-state index contributed by atoms with van der Waals surface area (Å²) in [6.07, 6.45) is 1.16. The molecular formula is C23H19F2N3O4S2. The molecule has 11 heteroatoms. The lowest BCUT2D eigenvalue weighted by Gasteiger charge is -2.16. The van der Waals surface area contributed by atoms with Gasteiger partial charge in [-0.1, -0.05) is 12.6 Å². The van der Waals surface area contributed by atoms with Crippen LogP contribution in [0.1, 0.15) is 26.4 Å². The SMILES string of the molecule is C=CC(=O)Nc1cc2c(s1)CN(S(=O)(=O)c1ccc(C(=O)NCc3ccc(F)c(F)c3)cc1)C2. The molecule has 0 saturated carbocycles. The molecule has 1 aliphatic rings. The highest BCUT2D eigenvalue weighted by atomic mass is 32.2. The smallest absolute Gasteiger partial charge is 0.251 e. The van der Waals surface area contributed by atoms with Gasteiger partial charge in [0, 0.05) is 30.1 Å². The topological polar surface area (TPSA) is 95.6 Å². The lowest BCUT2D eigenvalue weighted by atomic mass is 10.2. The summed E-state index contributed by atoms with van der Waals surface area (Å²) in [6, 6.07) is 10.6. The average molecular weight is 504 g/mol. The third-order valence-corrected chi connectivity index (χ3v) is 8.07. The number of rotatable bonds is 7. The van der Waals surface area contributed by atoms with Crippen molar-refractivity contribution in [1.82, 2.24) is 9.62 Å². The van der Waals surface area contributed by atoms with Gasteiger partial charge in [0.25, 0.3) is 5.91 Å². The number of anilines is 1. The standard InChI is InChI=1S/C23H19F2N3O4S2/c1-2-21(29)27-22-10-16-12-28(13-20(16)33-22)34(31,32)17-6-4-15(5-7-17)23(30)26-11-14-3-8-18(24)19(25)9-14/h2-10H,1,11-13H2,(H,26,30)(H,27,29). The molecule has 2 N–H and O–H groups in total. The van der Waals surface area contributed by atoms with E-state index >= 15 is 0 Å². The van der Waals surface area contributed by atoms with Crippen LogP contribution in [-0.4, -0.2) is 24.5 Å². The lowest BCUT2D eigenvalue weighted by Crippen LogP contribution is -2.26. The minimum absolute atomic E-state index is 0.0124. The second-order valence-corrected chi connectivity index (χ2v) is 10.6. The predicted molar refractivity (Wildman–Crippen MR) is 124 cm³/mol. The van der Waals surface area contributed by atoms with Gasteiger partial charge in [-0.15, -0.1) is 11.3 Å². The Hall–Kier alpha value is -3.41. The Morgan fingerprint density at radius 1 is 1.06 bits per heavy atom. The summed E-state index contributed by atoms with van der Waals surface area (Å²) in [5.74, 6) is -2.79. The number of nitrogens with zero attached hydrogens (tertiary/aromatic N) is 1. The van der Waals surface area contributed by atoms with Gasteiger partial charge in [0.15, 0.2) is 11.6 Å². The highest BCUT2D eigenvalue weighted by molar-refractivity contribution is 7.89. The van der Waals surface area contributed by atoms with Crippen molar-refractivity contribution in [2.45, 2.75) is 24.5 Å². The van der Waals surface area contributed by atoms with Crippen molar-refractivity contribution in [3.8, 4) is 0 Å². The van der Waals surface area contributed by atoms with E-state index in [4.69, 9.17) is 0 Å². The number of carbonyl (C=O) groups is 2. The fraction of sp³-hybridized carbons (Fsp3) is 0.130. The highest BCUT2D eigenvalue weighted by Gasteiger charge is 2.32. The fourth-order valence-corrected chi connectivity index (χ4v) is 5.97. The minimum Gasteiger partial charge on any atom is -0.348 e. The van der Waals surface area contributed by atoms with Gasteiger partial charge < -0.3 is 10.6 Å². The summed E-state index contributed by atoms with van der Waals surface area (Å²) in [4.78, 5) is 24.7. The zero-order chi connectivity index (χ0) is 24.5. The monoisotopic (exact) mass is 503 g/mol. The van der Waals surface area contributed by atoms with Crippen molar-refractivity contribution in [3.63, 3.8) is 0 Å². The summed E-state index contributed by atoms with van der Waals surface area (Å²) < 4.78 is 53.7. The van der Waals surface area contributed by atoms with Crippen LogP contribution in [0.3, 0.4) is 0 Å². The maximum Gasteiger partial charge on any atom is 0.251 e. The Morgan fingerprint density at radius 2 is 1.79 bits per heavy atom. The molecular weight excluding hydrogens is 484 g/mol. The van der Waals surface area contributed by atoms with Crippen LogP contribution in [0.4, 0.5) is 13.8 Å². The Balaban J connectivity index is 1.39. The first kappa shape index (κ1) is 23.7. The molecule has 1 aliphatic heterocycles. The van der Waals surface area contributed by atoms with Crippen molar-refractivity contribution in [2.24, 2.45) is 0 Å². The predicted octanol–water partition coefficient (Wildman–Crippen LogP) is 3.79. The second-order valence-electron chi connectivity index (χ2n) is 7.48. The molecule has 0 radical (unpaired) electrons. The summed E-state index contributed by atoms with van der Waals surface area (Å²) in [5, 5.41) is 5.88. The van der Waals surface area contributed by atoms with Crippen LogP contribution >= 0.6 is 11.3 Å². The number of halogens is 2. The van der Waals surface area contributed by atoms with Gasteiger partial charge in [-0.05, 0) is 59.7 Å². The molecule has 1 aromatic heterocycles. The highest BCUT2D eigenvalue weighted by Crippen LogP contribution is 2.36. The van der Waals surface area contributed by atoms with E-state index in [0.717, 1.165) is 28.6 Å². The number of benzene rings is 2. The molecule has 0 saturated heterocycles. The molecule has 34 heavy (non-hydrogen) atoms. The van der Waals surface area contributed by atoms with Crippen molar-refractivity contribution in [1.29, 1.82) is 0 Å². The van der Waals surface area contributed by atoms with E-state index in [2.05, 4.69) is 17.2 Å². The van der Waals surface area contributed by atoms with Gasteiger partial charge in [-0.25, -0.2) is 17.2 Å². The summed E-state index contributed by atoms with van der Waals surface area (Å²) in [6.45, 7) is 3.75. The first-order valence-corrected chi connectivity index (χ1v) is 12.3. The van der Waals surface area contributed by atoms with Gasteiger partial charge in [0.05, 0.1) is 9.90 Å². The van der Waals surface area contributed by atoms with Gasteiger partial charge >= 0.3 is 0 Å².